The maximum atomic E-state index is 8.83. The second kappa shape index (κ2) is 7.96. The number of hydrogen-bond donors (Lipinski definition) is 0. The van der Waals surface area contributed by atoms with Gasteiger partial charge in [-0.25, -0.2) is 4.98 Å². The zero-order valence-corrected chi connectivity index (χ0v) is 14.8. The van der Waals surface area contributed by atoms with Crippen molar-refractivity contribution in [2.45, 2.75) is 57.8 Å². The zero-order valence-electron chi connectivity index (χ0n) is 14.8. The lowest BCUT2D eigenvalue weighted by Gasteiger charge is -2.38. The monoisotopic (exact) mass is 328 g/mol. The number of hydrogen-bond acceptors (Lipinski definition) is 5. The Balaban J connectivity index is 1.43. The molecule has 2 aliphatic rings. The van der Waals surface area contributed by atoms with E-state index in [0.717, 1.165) is 57.5 Å². The van der Waals surface area contributed by atoms with Gasteiger partial charge in [-0.05, 0) is 51.7 Å². The Labute approximate surface area is 145 Å². The van der Waals surface area contributed by atoms with Gasteiger partial charge in [-0.3, -0.25) is 0 Å². The molecule has 130 valence electrons. The van der Waals surface area contributed by atoms with Gasteiger partial charge in [0.1, 0.15) is 11.8 Å². The van der Waals surface area contributed by atoms with Crippen LogP contribution in [0.4, 0.5) is 5.69 Å². The first-order valence-corrected chi connectivity index (χ1v) is 9.16. The summed E-state index contributed by atoms with van der Waals surface area (Å²) in [6.07, 6.45) is 7.11. The normalized spacial score (nSPS) is 21.2. The number of ether oxygens (including phenoxy) is 1. The first-order chi connectivity index (χ1) is 11.7. The lowest BCUT2D eigenvalue weighted by molar-refractivity contribution is -0.0540. The standard InChI is InChI=1S/C19H28N4O/c1-15(2)22-9-5-18(6-10-22)24-19-7-11-23(12-8-19)17-4-3-16(13-20)21-14-17/h3-4,14-15,18-19H,5-12H2,1-2H3. The number of anilines is 1. The van der Waals surface area contributed by atoms with Crippen molar-refractivity contribution in [3.05, 3.63) is 24.0 Å². The summed E-state index contributed by atoms with van der Waals surface area (Å²) in [7, 11) is 0. The average Bonchev–Trinajstić information content (AvgIpc) is 2.63. The first kappa shape index (κ1) is 17.2. The van der Waals surface area contributed by atoms with Crippen LogP contribution in [0, 0.1) is 11.3 Å². The number of aromatic nitrogens is 1. The molecule has 0 aromatic carbocycles. The molecule has 0 N–H and O–H groups in total. The highest BCUT2D eigenvalue weighted by molar-refractivity contribution is 5.46. The second-order valence-electron chi connectivity index (χ2n) is 7.17. The van der Waals surface area contributed by atoms with E-state index in [1.165, 1.54) is 0 Å². The molecule has 2 fully saturated rings. The SMILES string of the molecule is CC(C)N1CCC(OC2CCN(c3ccc(C#N)nc3)CC2)CC1. The van der Waals surface area contributed by atoms with E-state index in [1.54, 1.807) is 12.3 Å². The van der Waals surface area contributed by atoms with Gasteiger partial charge in [-0.2, -0.15) is 5.26 Å². The fourth-order valence-electron chi connectivity index (χ4n) is 3.69. The van der Waals surface area contributed by atoms with Crippen LogP contribution in [0.25, 0.3) is 0 Å². The molecular formula is C19H28N4O. The lowest BCUT2D eigenvalue weighted by atomic mass is 10.0. The molecule has 0 saturated carbocycles. The van der Waals surface area contributed by atoms with Crippen molar-refractivity contribution >= 4 is 5.69 Å². The van der Waals surface area contributed by atoms with Gasteiger partial charge in [0.2, 0.25) is 0 Å². The summed E-state index contributed by atoms with van der Waals surface area (Å²) in [5.41, 5.74) is 1.59. The smallest absolute Gasteiger partial charge is 0.140 e. The van der Waals surface area contributed by atoms with Crippen LogP contribution in [0.15, 0.2) is 18.3 Å². The van der Waals surface area contributed by atoms with Crippen LogP contribution in [0.5, 0.6) is 0 Å². The number of piperidine rings is 2. The van der Waals surface area contributed by atoms with Crippen LogP contribution in [-0.2, 0) is 4.74 Å². The highest BCUT2D eigenvalue weighted by Gasteiger charge is 2.26. The maximum absolute atomic E-state index is 8.83. The van der Waals surface area contributed by atoms with Crippen molar-refractivity contribution in [1.29, 1.82) is 5.26 Å². The molecule has 0 aliphatic carbocycles. The van der Waals surface area contributed by atoms with Gasteiger partial charge >= 0.3 is 0 Å². The minimum atomic E-state index is 0.392. The minimum absolute atomic E-state index is 0.392. The van der Waals surface area contributed by atoms with Crippen molar-refractivity contribution in [2.24, 2.45) is 0 Å². The molecule has 0 radical (unpaired) electrons. The van der Waals surface area contributed by atoms with E-state index in [-0.39, 0.29) is 0 Å². The zero-order chi connectivity index (χ0) is 16.9. The molecule has 2 saturated heterocycles. The van der Waals surface area contributed by atoms with Gasteiger partial charge in [0.25, 0.3) is 0 Å². The van der Waals surface area contributed by atoms with Crippen LogP contribution in [-0.4, -0.2) is 54.3 Å². The Morgan fingerprint density at radius 1 is 1.08 bits per heavy atom. The lowest BCUT2D eigenvalue weighted by Crippen LogP contribution is -2.43. The van der Waals surface area contributed by atoms with Crippen molar-refractivity contribution in [3.8, 4) is 6.07 Å². The molecule has 0 atom stereocenters. The molecule has 1 aromatic heterocycles. The predicted molar refractivity (Wildman–Crippen MR) is 95.0 cm³/mol. The third-order valence-corrected chi connectivity index (χ3v) is 5.26. The maximum Gasteiger partial charge on any atom is 0.140 e. The number of pyridine rings is 1. The summed E-state index contributed by atoms with van der Waals surface area (Å²) in [5.74, 6) is 0. The van der Waals surface area contributed by atoms with Gasteiger partial charge < -0.3 is 14.5 Å². The van der Waals surface area contributed by atoms with Crippen molar-refractivity contribution in [2.75, 3.05) is 31.1 Å². The molecule has 0 bridgehead atoms. The molecule has 5 heteroatoms. The Hall–Kier alpha value is -1.64. The van der Waals surface area contributed by atoms with Crippen LogP contribution >= 0.6 is 0 Å². The second-order valence-corrected chi connectivity index (χ2v) is 7.17. The molecular weight excluding hydrogens is 300 g/mol. The third-order valence-electron chi connectivity index (χ3n) is 5.26. The summed E-state index contributed by atoms with van der Waals surface area (Å²) >= 11 is 0. The van der Waals surface area contributed by atoms with E-state index in [2.05, 4.69) is 34.7 Å². The van der Waals surface area contributed by atoms with E-state index in [4.69, 9.17) is 10.00 Å². The number of nitrogens with zero attached hydrogens (tertiary/aromatic N) is 4. The van der Waals surface area contributed by atoms with Crippen LogP contribution in [0.2, 0.25) is 0 Å². The van der Waals surface area contributed by atoms with E-state index >= 15 is 0 Å². The Bertz CT molecular complexity index is 550. The molecule has 2 aliphatic heterocycles. The third kappa shape index (κ3) is 4.25. The Morgan fingerprint density at radius 2 is 1.71 bits per heavy atom. The summed E-state index contributed by atoms with van der Waals surface area (Å²) in [6.45, 7) is 8.88. The number of rotatable bonds is 4. The average molecular weight is 328 g/mol. The summed E-state index contributed by atoms with van der Waals surface area (Å²) in [6, 6.07) is 6.50. The van der Waals surface area contributed by atoms with Crippen molar-refractivity contribution < 1.29 is 4.74 Å². The van der Waals surface area contributed by atoms with Gasteiger partial charge in [0.15, 0.2) is 0 Å². The van der Waals surface area contributed by atoms with E-state index < -0.39 is 0 Å². The number of nitriles is 1. The van der Waals surface area contributed by atoms with E-state index in [1.807, 2.05) is 6.07 Å². The fraction of sp³-hybridized carbons (Fsp3) is 0.684. The molecule has 0 unspecified atom stereocenters. The number of likely N-dealkylation sites (tertiary alicyclic amines) is 1. The minimum Gasteiger partial charge on any atom is -0.375 e. The van der Waals surface area contributed by atoms with Crippen LogP contribution < -0.4 is 4.90 Å². The fourth-order valence-corrected chi connectivity index (χ4v) is 3.69. The largest absolute Gasteiger partial charge is 0.375 e. The highest BCUT2D eigenvalue weighted by atomic mass is 16.5. The molecule has 0 spiro atoms. The van der Waals surface area contributed by atoms with Gasteiger partial charge in [-0.15, -0.1) is 0 Å². The van der Waals surface area contributed by atoms with Crippen LogP contribution in [0.1, 0.15) is 45.2 Å². The predicted octanol–water partition coefficient (Wildman–Crippen LogP) is 2.81. The summed E-state index contributed by atoms with van der Waals surface area (Å²) in [4.78, 5) is 9.05. The topological polar surface area (TPSA) is 52.4 Å². The molecule has 0 amide bonds. The Morgan fingerprint density at radius 3 is 2.21 bits per heavy atom. The molecule has 3 rings (SSSR count). The van der Waals surface area contributed by atoms with Gasteiger partial charge in [0.05, 0.1) is 24.1 Å². The van der Waals surface area contributed by atoms with Crippen molar-refractivity contribution in [1.82, 2.24) is 9.88 Å². The highest BCUT2D eigenvalue weighted by Crippen LogP contribution is 2.24. The quantitative estimate of drug-likeness (QED) is 0.851. The van der Waals surface area contributed by atoms with E-state index in [9.17, 15) is 0 Å². The van der Waals surface area contributed by atoms with Crippen molar-refractivity contribution in [3.63, 3.8) is 0 Å². The van der Waals surface area contributed by atoms with E-state index in [0.29, 0.717) is 23.9 Å². The van der Waals surface area contributed by atoms with Gasteiger partial charge in [-0.1, -0.05) is 0 Å². The first-order valence-electron chi connectivity index (χ1n) is 9.16. The molecule has 1 aromatic rings. The van der Waals surface area contributed by atoms with Gasteiger partial charge in [0, 0.05) is 32.2 Å². The summed E-state index contributed by atoms with van der Waals surface area (Å²) < 4.78 is 6.37. The Kier molecular flexibility index (Phi) is 5.70. The molecule has 3 heterocycles. The summed E-state index contributed by atoms with van der Waals surface area (Å²) in [5, 5.41) is 8.83. The molecule has 24 heavy (non-hydrogen) atoms. The van der Waals surface area contributed by atoms with Crippen LogP contribution in [0.3, 0.4) is 0 Å². The molecule has 5 nitrogen and oxygen atoms in total.